The van der Waals surface area contributed by atoms with Crippen LogP contribution in [0.15, 0.2) is 36.4 Å². The standard InChI is InChI=1S/C14H14ClNO2/c1-9-7-10(15)3-6-13(9)18-14-8-11(17-2)4-5-12(14)16/h3-8H,16H2,1-2H3. The highest BCUT2D eigenvalue weighted by Crippen LogP contribution is 2.33. The summed E-state index contributed by atoms with van der Waals surface area (Å²) in [7, 11) is 1.60. The first-order valence-electron chi connectivity index (χ1n) is 5.47. The van der Waals surface area contributed by atoms with E-state index in [0.717, 1.165) is 11.3 Å². The molecule has 0 saturated heterocycles. The Kier molecular flexibility index (Phi) is 3.63. The topological polar surface area (TPSA) is 44.5 Å². The first kappa shape index (κ1) is 12.6. The zero-order valence-electron chi connectivity index (χ0n) is 10.2. The predicted molar refractivity (Wildman–Crippen MR) is 73.7 cm³/mol. The molecule has 2 N–H and O–H groups in total. The number of nitrogen functional groups attached to an aromatic ring is 1. The molecule has 0 aliphatic heterocycles. The maximum atomic E-state index is 5.90. The molecule has 0 atom stereocenters. The lowest BCUT2D eigenvalue weighted by molar-refractivity contribution is 0.409. The van der Waals surface area contributed by atoms with Crippen LogP contribution in [0.1, 0.15) is 5.56 Å². The molecular weight excluding hydrogens is 250 g/mol. The van der Waals surface area contributed by atoms with Gasteiger partial charge < -0.3 is 15.2 Å². The Labute approximate surface area is 111 Å². The van der Waals surface area contributed by atoms with Gasteiger partial charge in [0.05, 0.1) is 12.8 Å². The maximum Gasteiger partial charge on any atom is 0.154 e. The number of aryl methyl sites for hydroxylation is 1. The van der Waals surface area contributed by atoms with E-state index >= 15 is 0 Å². The lowest BCUT2D eigenvalue weighted by Gasteiger charge is -2.12. The molecule has 3 nitrogen and oxygen atoms in total. The molecule has 2 aromatic carbocycles. The number of nitrogens with two attached hydrogens (primary N) is 1. The van der Waals surface area contributed by atoms with Crippen LogP contribution in [-0.2, 0) is 0 Å². The highest BCUT2D eigenvalue weighted by atomic mass is 35.5. The van der Waals surface area contributed by atoms with E-state index in [1.807, 2.05) is 19.1 Å². The number of rotatable bonds is 3. The van der Waals surface area contributed by atoms with Gasteiger partial charge in [0.2, 0.25) is 0 Å². The Hall–Kier alpha value is -1.87. The van der Waals surface area contributed by atoms with Crippen LogP contribution in [0, 0.1) is 6.92 Å². The van der Waals surface area contributed by atoms with Crippen LogP contribution in [0.25, 0.3) is 0 Å². The third-order valence-electron chi connectivity index (χ3n) is 2.58. The normalized spacial score (nSPS) is 10.2. The quantitative estimate of drug-likeness (QED) is 0.851. The third-order valence-corrected chi connectivity index (χ3v) is 2.81. The monoisotopic (exact) mass is 263 g/mol. The highest BCUT2D eigenvalue weighted by molar-refractivity contribution is 6.30. The largest absolute Gasteiger partial charge is 0.497 e. The zero-order chi connectivity index (χ0) is 13.1. The molecule has 0 aliphatic rings. The second-order valence-electron chi connectivity index (χ2n) is 3.92. The molecule has 0 bridgehead atoms. The molecule has 0 amide bonds. The van der Waals surface area contributed by atoms with Crippen LogP contribution < -0.4 is 15.2 Å². The van der Waals surface area contributed by atoms with Gasteiger partial charge >= 0.3 is 0 Å². The summed E-state index contributed by atoms with van der Waals surface area (Å²) in [6, 6.07) is 10.7. The van der Waals surface area contributed by atoms with Crippen molar-refractivity contribution in [1.29, 1.82) is 0 Å². The fourth-order valence-electron chi connectivity index (χ4n) is 1.58. The van der Waals surface area contributed by atoms with Gasteiger partial charge in [0.25, 0.3) is 0 Å². The molecule has 18 heavy (non-hydrogen) atoms. The Morgan fingerprint density at radius 3 is 2.50 bits per heavy atom. The maximum absolute atomic E-state index is 5.90. The van der Waals surface area contributed by atoms with E-state index in [4.69, 9.17) is 26.8 Å². The molecule has 0 heterocycles. The van der Waals surface area contributed by atoms with Crippen molar-refractivity contribution < 1.29 is 9.47 Å². The number of methoxy groups -OCH3 is 1. The van der Waals surface area contributed by atoms with Gasteiger partial charge in [-0.05, 0) is 42.8 Å². The van der Waals surface area contributed by atoms with Crippen molar-refractivity contribution in [1.82, 2.24) is 0 Å². The first-order chi connectivity index (χ1) is 8.60. The lowest BCUT2D eigenvalue weighted by atomic mass is 10.2. The van der Waals surface area contributed by atoms with E-state index < -0.39 is 0 Å². The minimum Gasteiger partial charge on any atom is -0.497 e. The lowest BCUT2D eigenvalue weighted by Crippen LogP contribution is -1.94. The van der Waals surface area contributed by atoms with E-state index in [2.05, 4.69) is 0 Å². The molecule has 0 aliphatic carbocycles. The Morgan fingerprint density at radius 1 is 1.06 bits per heavy atom. The van der Waals surface area contributed by atoms with Gasteiger partial charge in [-0.3, -0.25) is 0 Å². The van der Waals surface area contributed by atoms with E-state index in [1.54, 1.807) is 31.4 Å². The van der Waals surface area contributed by atoms with Gasteiger partial charge in [-0.1, -0.05) is 11.6 Å². The molecule has 0 radical (unpaired) electrons. The molecular formula is C14H14ClNO2. The van der Waals surface area contributed by atoms with Crippen LogP contribution in [0.4, 0.5) is 5.69 Å². The molecule has 0 spiro atoms. The molecule has 0 unspecified atom stereocenters. The third kappa shape index (κ3) is 2.68. The summed E-state index contributed by atoms with van der Waals surface area (Å²) in [6.45, 7) is 1.93. The summed E-state index contributed by atoms with van der Waals surface area (Å²) in [5.74, 6) is 1.99. The smallest absolute Gasteiger partial charge is 0.154 e. The number of anilines is 1. The Bertz CT molecular complexity index is 570. The molecule has 0 fully saturated rings. The summed E-state index contributed by atoms with van der Waals surface area (Å²) in [6.07, 6.45) is 0. The molecule has 0 aromatic heterocycles. The number of hydrogen-bond acceptors (Lipinski definition) is 3. The summed E-state index contributed by atoms with van der Waals surface area (Å²) >= 11 is 5.90. The fraction of sp³-hybridized carbons (Fsp3) is 0.143. The molecule has 2 rings (SSSR count). The summed E-state index contributed by atoms with van der Waals surface area (Å²) < 4.78 is 10.9. The SMILES string of the molecule is COc1ccc(N)c(Oc2ccc(Cl)cc2C)c1. The van der Waals surface area contributed by atoms with Crippen molar-refractivity contribution in [3.05, 3.63) is 47.0 Å². The van der Waals surface area contributed by atoms with Crippen molar-refractivity contribution in [3.8, 4) is 17.2 Å². The average Bonchev–Trinajstić information content (AvgIpc) is 2.35. The van der Waals surface area contributed by atoms with Crippen molar-refractivity contribution in [2.45, 2.75) is 6.92 Å². The first-order valence-corrected chi connectivity index (χ1v) is 5.85. The van der Waals surface area contributed by atoms with E-state index in [1.165, 1.54) is 0 Å². The minimum absolute atomic E-state index is 0.560. The summed E-state index contributed by atoms with van der Waals surface area (Å²) in [4.78, 5) is 0. The second-order valence-corrected chi connectivity index (χ2v) is 4.35. The number of benzene rings is 2. The Morgan fingerprint density at radius 2 is 1.83 bits per heavy atom. The van der Waals surface area contributed by atoms with Crippen LogP contribution >= 0.6 is 11.6 Å². The molecule has 0 saturated carbocycles. The van der Waals surface area contributed by atoms with Gasteiger partial charge in [-0.2, -0.15) is 0 Å². The van der Waals surface area contributed by atoms with Crippen LogP contribution in [0.2, 0.25) is 5.02 Å². The van der Waals surface area contributed by atoms with Crippen molar-refractivity contribution in [3.63, 3.8) is 0 Å². The predicted octanol–water partition coefficient (Wildman–Crippen LogP) is 4.03. The van der Waals surface area contributed by atoms with Crippen LogP contribution in [-0.4, -0.2) is 7.11 Å². The van der Waals surface area contributed by atoms with E-state index in [9.17, 15) is 0 Å². The molecule has 2 aromatic rings. The fourth-order valence-corrected chi connectivity index (χ4v) is 1.80. The summed E-state index contributed by atoms with van der Waals surface area (Å²) in [5.41, 5.74) is 7.37. The van der Waals surface area contributed by atoms with Gasteiger partial charge in [0.15, 0.2) is 5.75 Å². The number of hydrogen-bond donors (Lipinski definition) is 1. The Balaban J connectivity index is 2.33. The summed E-state index contributed by atoms with van der Waals surface area (Å²) in [5, 5.41) is 0.679. The second kappa shape index (κ2) is 5.19. The highest BCUT2D eigenvalue weighted by Gasteiger charge is 2.06. The van der Waals surface area contributed by atoms with Gasteiger partial charge in [-0.15, -0.1) is 0 Å². The minimum atomic E-state index is 0.560. The van der Waals surface area contributed by atoms with Crippen LogP contribution in [0.5, 0.6) is 17.2 Å². The number of halogens is 1. The van der Waals surface area contributed by atoms with Crippen molar-refractivity contribution in [2.24, 2.45) is 0 Å². The van der Waals surface area contributed by atoms with Gasteiger partial charge in [0.1, 0.15) is 11.5 Å². The van der Waals surface area contributed by atoms with E-state index in [0.29, 0.717) is 22.2 Å². The number of ether oxygens (including phenoxy) is 2. The molecule has 94 valence electrons. The van der Waals surface area contributed by atoms with Crippen molar-refractivity contribution in [2.75, 3.05) is 12.8 Å². The van der Waals surface area contributed by atoms with Gasteiger partial charge in [-0.25, -0.2) is 0 Å². The van der Waals surface area contributed by atoms with Crippen LogP contribution in [0.3, 0.4) is 0 Å². The molecule has 4 heteroatoms. The van der Waals surface area contributed by atoms with E-state index in [-0.39, 0.29) is 0 Å². The van der Waals surface area contributed by atoms with Gasteiger partial charge in [0, 0.05) is 11.1 Å². The average molecular weight is 264 g/mol. The zero-order valence-corrected chi connectivity index (χ0v) is 11.0. The van der Waals surface area contributed by atoms with Crippen molar-refractivity contribution >= 4 is 17.3 Å².